The number of hydrogen-bond donors (Lipinski definition) is 1. The van der Waals surface area contributed by atoms with Crippen LogP contribution in [0.15, 0.2) is 0 Å². The van der Waals surface area contributed by atoms with Crippen molar-refractivity contribution in [2.45, 2.75) is 32.2 Å². The van der Waals surface area contributed by atoms with Gasteiger partial charge in [0, 0.05) is 11.9 Å². The van der Waals surface area contributed by atoms with Gasteiger partial charge in [0.2, 0.25) is 10.0 Å². The third kappa shape index (κ3) is 3.83. The lowest BCUT2D eigenvalue weighted by Crippen LogP contribution is -2.41. The number of sulfonamides is 1. The van der Waals surface area contributed by atoms with Crippen LogP contribution in [0, 0.1) is 5.92 Å². The highest BCUT2D eigenvalue weighted by molar-refractivity contribution is 7.89. The van der Waals surface area contributed by atoms with Crippen LogP contribution in [0.3, 0.4) is 0 Å². The zero-order valence-electron chi connectivity index (χ0n) is 7.79. The molecule has 0 aromatic heterocycles. The van der Waals surface area contributed by atoms with E-state index in [-0.39, 0.29) is 17.7 Å². The fourth-order valence-corrected chi connectivity index (χ4v) is 3.19. The second-order valence-electron chi connectivity index (χ2n) is 3.79. The minimum Gasteiger partial charge on any atom is -0.212 e. The highest BCUT2D eigenvalue weighted by Gasteiger charge is 2.24. The predicted octanol–water partition coefficient (Wildman–Crippen LogP) is 1.33. The highest BCUT2D eigenvalue weighted by atomic mass is 35.5. The molecule has 0 aromatic carbocycles. The number of hydrogen-bond acceptors (Lipinski definition) is 2. The van der Waals surface area contributed by atoms with E-state index < -0.39 is 10.0 Å². The second kappa shape index (κ2) is 4.62. The van der Waals surface area contributed by atoms with Crippen LogP contribution in [0.25, 0.3) is 0 Å². The van der Waals surface area contributed by atoms with E-state index in [1.165, 1.54) is 0 Å². The third-order valence-corrected chi connectivity index (χ3v) is 4.45. The molecule has 78 valence electrons. The number of halogens is 1. The second-order valence-corrected chi connectivity index (χ2v) is 5.89. The fraction of sp³-hybridized carbons (Fsp3) is 1.00. The maximum atomic E-state index is 11.4. The van der Waals surface area contributed by atoms with Crippen molar-refractivity contribution in [2.75, 3.05) is 11.6 Å². The maximum absolute atomic E-state index is 11.4. The maximum Gasteiger partial charge on any atom is 0.212 e. The van der Waals surface area contributed by atoms with Gasteiger partial charge in [0.15, 0.2) is 0 Å². The first-order valence-electron chi connectivity index (χ1n) is 4.59. The molecule has 3 nitrogen and oxygen atoms in total. The summed E-state index contributed by atoms with van der Waals surface area (Å²) in [6.45, 7) is 1.84. The lowest BCUT2D eigenvalue weighted by atomic mass is 9.94. The molecule has 0 aliphatic heterocycles. The van der Waals surface area contributed by atoms with E-state index in [0.29, 0.717) is 5.88 Å². The smallest absolute Gasteiger partial charge is 0.212 e. The summed E-state index contributed by atoms with van der Waals surface area (Å²) in [6.07, 6.45) is 3.10. The largest absolute Gasteiger partial charge is 0.212 e. The summed E-state index contributed by atoms with van der Waals surface area (Å²) in [5.41, 5.74) is 0. The average Bonchev–Trinajstić information content (AvgIpc) is 1.96. The SMILES string of the molecule is CC(CCl)CS(=O)(=O)NC1CCC1. The van der Waals surface area contributed by atoms with Gasteiger partial charge < -0.3 is 0 Å². The molecular weight excluding hydrogens is 210 g/mol. The predicted molar refractivity (Wildman–Crippen MR) is 54.4 cm³/mol. The average molecular weight is 226 g/mol. The molecule has 0 saturated heterocycles. The van der Waals surface area contributed by atoms with Crippen molar-refractivity contribution in [1.82, 2.24) is 4.72 Å². The molecule has 0 amide bonds. The van der Waals surface area contributed by atoms with E-state index >= 15 is 0 Å². The molecule has 0 radical (unpaired) electrons. The van der Waals surface area contributed by atoms with Crippen molar-refractivity contribution in [2.24, 2.45) is 5.92 Å². The molecule has 13 heavy (non-hydrogen) atoms. The van der Waals surface area contributed by atoms with Gasteiger partial charge in [-0.1, -0.05) is 13.3 Å². The number of nitrogens with one attached hydrogen (secondary N) is 1. The minimum atomic E-state index is -3.09. The van der Waals surface area contributed by atoms with Crippen molar-refractivity contribution in [3.8, 4) is 0 Å². The first kappa shape index (κ1) is 11.3. The van der Waals surface area contributed by atoms with Crippen molar-refractivity contribution >= 4 is 21.6 Å². The van der Waals surface area contributed by atoms with E-state index in [1.807, 2.05) is 6.92 Å². The summed E-state index contributed by atoms with van der Waals surface area (Å²) in [5, 5.41) is 0. The van der Waals surface area contributed by atoms with Crippen LogP contribution in [0.5, 0.6) is 0 Å². The van der Waals surface area contributed by atoms with Crippen LogP contribution in [0.4, 0.5) is 0 Å². The summed E-state index contributed by atoms with van der Waals surface area (Å²) >= 11 is 5.55. The normalized spacial score (nSPS) is 21.1. The van der Waals surface area contributed by atoms with Gasteiger partial charge in [-0.2, -0.15) is 0 Å². The fourth-order valence-electron chi connectivity index (χ4n) is 1.25. The zero-order chi connectivity index (χ0) is 9.90. The van der Waals surface area contributed by atoms with Crippen molar-refractivity contribution in [1.29, 1.82) is 0 Å². The van der Waals surface area contributed by atoms with Crippen LogP contribution < -0.4 is 4.72 Å². The summed E-state index contributed by atoms with van der Waals surface area (Å²) in [6, 6.07) is 0.188. The Hall–Kier alpha value is 0.200. The molecule has 1 saturated carbocycles. The van der Waals surface area contributed by atoms with Gasteiger partial charge in [0.25, 0.3) is 0 Å². The molecule has 0 aromatic rings. The number of rotatable bonds is 5. The van der Waals surface area contributed by atoms with Gasteiger partial charge in [-0.25, -0.2) is 13.1 Å². The van der Waals surface area contributed by atoms with E-state index in [1.54, 1.807) is 0 Å². The molecule has 0 spiro atoms. The topological polar surface area (TPSA) is 46.2 Å². The van der Waals surface area contributed by atoms with E-state index in [4.69, 9.17) is 11.6 Å². The zero-order valence-corrected chi connectivity index (χ0v) is 9.37. The molecule has 1 atom stereocenters. The molecule has 1 aliphatic rings. The van der Waals surface area contributed by atoms with Crippen LogP contribution in [-0.4, -0.2) is 26.1 Å². The molecular formula is C8H16ClNO2S. The van der Waals surface area contributed by atoms with Crippen molar-refractivity contribution in [3.63, 3.8) is 0 Å². The Bertz CT molecular complexity index is 236. The van der Waals surface area contributed by atoms with Crippen molar-refractivity contribution < 1.29 is 8.42 Å². The van der Waals surface area contributed by atoms with Gasteiger partial charge in [-0.3, -0.25) is 0 Å². The van der Waals surface area contributed by atoms with Crippen LogP contribution in [-0.2, 0) is 10.0 Å². The first-order chi connectivity index (χ1) is 6.03. The lowest BCUT2D eigenvalue weighted by molar-refractivity contribution is 0.382. The Morgan fingerprint density at radius 3 is 2.54 bits per heavy atom. The Morgan fingerprint density at radius 2 is 2.15 bits per heavy atom. The Labute approximate surface area is 84.9 Å². The van der Waals surface area contributed by atoms with Gasteiger partial charge in [0.05, 0.1) is 5.75 Å². The number of alkyl halides is 1. The summed E-state index contributed by atoms with van der Waals surface area (Å²) in [4.78, 5) is 0. The molecule has 5 heteroatoms. The molecule has 0 bridgehead atoms. The summed E-state index contributed by atoms with van der Waals surface area (Å²) < 4.78 is 25.5. The highest BCUT2D eigenvalue weighted by Crippen LogP contribution is 2.19. The lowest BCUT2D eigenvalue weighted by Gasteiger charge is -2.26. The Balaban J connectivity index is 2.36. The third-order valence-electron chi connectivity index (χ3n) is 2.22. The summed E-state index contributed by atoms with van der Waals surface area (Å²) in [7, 11) is -3.09. The molecule has 1 N–H and O–H groups in total. The molecule has 1 fully saturated rings. The Kier molecular flexibility index (Phi) is 4.01. The van der Waals surface area contributed by atoms with Gasteiger partial charge >= 0.3 is 0 Å². The quantitative estimate of drug-likeness (QED) is 0.718. The van der Waals surface area contributed by atoms with Crippen LogP contribution in [0.2, 0.25) is 0 Å². The van der Waals surface area contributed by atoms with Gasteiger partial charge in [0.1, 0.15) is 0 Å². The van der Waals surface area contributed by atoms with E-state index in [0.717, 1.165) is 19.3 Å². The van der Waals surface area contributed by atoms with Gasteiger partial charge in [-0.15, -0.1) is 11.6 Å². The van der Waals surface area contributed by atoms with E-state index in [2.05, 4.69) is 4.72 Å². The minimum absolute atomic E-state index is 0.0271. The molecule has 1 aliphatic carbocycles. The summed E-state index contributed by atoms with van der Waals surface area (Å²) in [5.74, 6) is 0.567. The van der Waals surface area contributed by atoms with Crippen LogP contribution >= 0.6 is 11.6 Å². The first-order valence-corrected chi connectivity index (χ1v) is 6.78. The Morgan fingerprint density at radius 1 is 1.54 bits per heavy atom. The standard InChI is InChI=1S/C8H16ClNO2S/c1-7(5-9)6-13(11,12)10-8-3-2-4-8/h7-8,10H,2-6H2,1H3. The monoisotopic (exact) mass is 225 g/mol. The van der Waals surface area contributed by atoms with Gasteiger partial charge in [-0.05, 0) is 18.8 Å². The molecule has 1 rings (SSSR count). The van der Waals surface area contributed by atoms with E-state index in [9.17, 15) is 8.42 Å². The van der Waals surface area contributed by atoms with Crippen LogP contribution in [0.1, 0.15) is 26.2 Å². The molecule has 1 unspecified atom stereocenters. The van der Waals surface area contributed by atoms with Crippen molar-refractivity contribution in [3.05, 3.63) is 0 Å². The molecule has 0 heterocycles.